The molecule has 2 nitrogen and oxygen atoms in total. The molecule has 0 amide bonds. The number of aromatic nitrogens is 1. The van der Waals surface area contributed by atoms with Gasteiger partial charge < -0.3 is 9.88 Å². The van der Waals surface area contributed by atoms with Crippen molar-refractivity contribution in [3.05, 3.63) is 36.0 Å². The Bertz CT molecular complexity index is 517. The Morgan fingerprint density at radius 3 is 3.06 bits per heavy atom. The highest BCUT2D eigenvalue weighted by atomic mass is 15.0. The van der Waals surface area contributed by atoms with Gasteiger partial charge in [0.25, 0.3) is 0 Å². The summed E-state index contributed by atoms with van der Waals surface area (Å²) in [6, 6.07) is 8.67. The van der Waals surface area contributed by atoms with Crippen molar-refractivity contribution in [2.75, 3.05) is 13.1 Å². The van der Waals surface area contributed by atoms with E-state index < -0.39 is 0 Å². The van der Waals surface area contributed by atoms with E-state index in [1.54, 1.807) is 0 Å². The second-order valence-electron chi connectivity index (χ2n) is 3.95. The zero-order valence-corrected chi connectivity index (χ0v) is 9.53. The minimum Gasteiger partial charge on any atom is -0.346 e. The molecule has 0 unspecified atom stereocenters. The molecule has 1 aromatic carbocycles. The van der Waals surface area contributed by atoms with Gasteiger partial charge in [0.15, 0.2) is 0 Å². The van der Waals surface area contributed by atoms with E-state index in [0.29, 0.717) is 6.54 Å². The van der Waals surface area contributed by atoms with E-state index in [1.807, 2.05) is 0 Å². The highest BCUT2D eigenvalue weighted by Crippen LogP contribution is 2.16. The maximum Gasteiger partial charge on any atom is 0.0574 e. The van der Waals surface area contributed by atoms with Crippen LogP contribution in [0.1, 0.15) is 5.56 Å². The van der Waals surface area contributed by atoms with Crippen LogP contribution in [0.25, 0.3) is 10.9 Å². The van der Waals surface area contributed by atoms with Gasteiger partial charge in [-0.2, -0.15) is 0 Å². The summed E-state index contributed by atoms with van der Waals surface area (Å²) in [7, 11) is 0. The van der Waals surface area contributed by atoms with E-state index >= 15 is 0 Å². The summed E-state index contributed by atoms with van der Waals surface area (Å²) in [5, 5.41) is 4.49. The second kappa shape index (κ2) is 4.87. The number of rotatable bonds is 4. The van der Waals surface area contributed by atoms with Crippen molar-refractivity contribution < 1.29 is 0 Å². The number of fused-ring (bicyclic) bond motifs is 1. The maximum absolute atomic E-state index is 5.18. The maximum atomic E-state index is 5.18. The van der Waals surface area contributed by atoms with Crippen molar-refractivity contribution in [3.63, 3.8) is 0 Å². The number of nitrogens with one attached hydrogen (secondary N) is 1. The molecular formula is C14H16N2. The molecule has 0 spiro atoms. The normalized spacial score (nSPS) is 10.5. The van der Waals surface area contributed by atoms with E-state index in [0.717, 1.165) is 13.1 Å². The van der Waals surface area contributed by atoms with Gasteiger partial charge in [0.05, 0.1) is 6.54 Å². The Hall–Kier alpha value is -1.72. The van der Waals surface area contributed by atoms with Crippen LogP contribution in [0.5, 0.6) is 0 Å². The Labute approximate surface area is 96.3 Å². The van der Waals surface area contributed by atoms with Crippen molar-refractivity contribution in [3.8, 4) is 12.3 Å². The molecule has 1 heterocycles. The van der Waals surface area contributed by atoms with Crippen LogP contribution in [0.4, 0.5) is 0 Å². The summed E-state index contributed by atoms with van der Waals surface area (Å²) in [5.41, 5.74) is 2.59. The number of benzene rings is 1. The van der Waals surface area contributed by atoms with Crippen LogP contribution in [0.15, 0.2) is 30.5 Å². The molecule has 0 atom stereocenters. The third-order valence-corrected chi connectivity index (χ3v) is 2.69. The molecule has 2 rings (SSSR count). The van der Waals surface area contributed by atoms with Gasteiger partial charge >= 0.3 is 0 Å². The molecule has 0 saturated heterocycles. The van der Waals surface area contributed by atoms with Crippen molar-refractivity contribution in [2.45, 2.75) is 13.5 Å². The van der Waals surface area contributed by atoms with Gasteiger partial charge in [-0.1, -0.05) is 18.1 Å². The molecule has 0 fully saturated rings. The number of aryl methyl sites for hydroxylation is 1. The highest BCUT2D eigenvalue weighted by Gasteiger charge is 2.00. The first-order valence-electron chi connectivity index (χ1n) is 5.51. The van der Waals surface area contributed by atoms with Crippen molar-refractivity contribution >= 4 is 10.9 Å². The quantitative estimate of drug-likeness (QED) is 0.607. The summed E-state index contributed by atoms with van der Waals surface area (Å²) >= 11 is 0. The number of hydrogen-bond donors (Lipinski definition) is 1. The van der Waals surface area contributed by atoms with Gasteiger partial charge in [-0.05, 0) is 30.0 Å². The summed E-state index contributed by atoms with van der Waals surface area (Å²) in [5.74, 6) is 2.57. The third kappa shape index (κ3) is 2.26. The molecule has 2 heteroatoms. The first kappa shape index (κ1) is 10.8. The van der Waals surface area contributed by atoms with Crippen LogP contribution >= 0.6 is 0 Å². The minimum absolute atomic E-state index is 0.637. The molecule has 16 heavy (non-hydrogen) atoms. The Morgan fingerprint density at radius 1 is 1.38 bits per heavy atom. The zero-order valence-electron chi connectivity index (χ0n) is 9.53. The first-order valence-corrected chi connectivity index (χ1v) is 5.51. The fourth-order valence-corrected chi connectivity index (χ4v) is 1.85. The Kier molecular flexibility index (Phi) is 3.28. The fourth-order valence-electron chi connectivity index (χ4n) is 1.85. The van der Waals surface area contributed by atoms with E-state index in [4.69, 9.17) is 6.42 Å². The van der Waals surface area contributed by atoms with E-state index in [1.165, 1.54) is 16.5 Å². The highest BCUT2D eigenvalue weighted by molar-refractivity contribution is 5.80. The summed E-state index contributed by atoms with van der Waals surface area (Å²) in [6.07, 6.45) is 7.31. The lowest BCUT2D eigenvalue weighted by atomic mass is 10.2. The molecule has 1 N–H and O–H groups in total. The van der Waals surface area contributed by atoms with E-state index in [2.05, 4.69) is 53.2 Å². The Morgan fingerprint density at radius 2 is 2.25 bits per heavy atom. The number of terminal acetylenes is 1. The van der Waals surface area contributed by atoms with Crippen LogP contribution in [0.3, 0.4) is 0 Å². The van der Waals surface area contributed by atoms with Gasteiger partial charge in [-0.3, -0.25) is 0 Å². The lowest BCUT2D eigenvalue weighted by Gasteiger charge is -2.06. The second-order valence-corrected chi connectivity index (χ2v) is 3.95. The van der Waals surface area contributed by atoms with Crippen LogP contribution in [-0.2, 0) is 6.54 Å². The molecule has 0 bridgehead atoms. The van der Waals surface area contributed by atoms with Crippen LogP contribution in [0, 0.1) is 19.3 Å². The predicted octanol–water partition coefficient (Wildman–Crippen LogP) is 2.17. The predicted molar refractivity (Wildman–Crippen MR) is 68.4 cm³/mol. The van der Waals surface area contributed by atoms with Crippen LogP contribution in [0.2, 0.25) is 0 Å². The first-order chi connectivity index (χ1) is 7.81. The molecule has 0 radical (unpaired) electrons. The van der Waals surface area contributed by atoms with Gasteiger partial charge in [0.1, 0.15) is 0 Å². The van der Waals surface area contributed by atoms with Crippen molar-refractivity contribution in [1.29, 1.82) is 0 Å². The van der Waals surface area contributed by atoms with Crippen LogP contribution in [-0.4, -0.2) is 17.7 Å². The third-order valence-electron chi connectivity index (χ3n) is 2.69. The number of hydrogen-bond acceptors (Lipinski definition) is 1. The monoisotopic (exact) mass is 212 g/mol. The van der Waals surface area contributed by atoms with Gasteiger partial charge in [-0.25, -0.2) is 0 Å². The van der Waals surface area contributed by atoms with E-state index in [-0.39, 0.29) is 0 Å². The van der Waals surface area contributed by atoms with Gasteiger partial charge in [0, 0.05) is 24.8 Å². The summed E-state index contributed by atoms with van der Waals surface area (Å²) < 4.78 is 2.26. The summed E-state index contributed by atoms with van der Waals surface area (Å²) in [6.45, 7) is 4.61. The largest absolute Gasteiger partial charge is 0.346 e. The van der Waals surface area contributed by atoms with Gasteiger partial charge in [-0.15, -0.1) is 6.42 Å². The number of nitrogens with zero attached hydrogens (tertiary/aromatic N) is 1. The molecule has 0 aliphatic heterocycles. The molecular weight excluding hydrogens is 196 g/mol. The lowest BCUT2D eigenvalue weighted by Crippen LogP contribution is -2.19. The topological polar surface area (TPSA) is 17.0 Å². The standard InChI is InChI=1S/C14H16N2/c1-3-7-15-8-10-16-9-6-13-5-4-12(2)11-14(13)16/h1,4-6,9,11,15H,7-8,10H2,2H3. The van der Waals surface area contributed by atoms with E-state index in [9.17, 15) is 0 Å². The van der Waals surface area contributed by atoms with Gasteiger partial charge in [0.2, 0.25) is 0 Å². The molecule has 0 aliphatic carbocycles. The average Bonchev–Trinajstić information content (AvgIpc) is 2.67. The van der Waals surface area contributed by atoms with Crippen molar-refractivity contribution in [2.24, 2.45) is 0 Å². The zero-order chi connectivity index (χ0) is 11.4. The minimum atomic E-state index is 0.637. The summed E-state index contributed by atoms with van der Waals surface area (Å²) in [4.78, 5) is 0. The smallest absolute Gasteiger partial charge is 0.0574 e. The molecule has 0 saturated carbocycles. The molecule has 82 valence electrons. The average molecular weight is 212 g/mol. The van der Waals surface area contributed by atoms with Crippen LogP contribution < -0.4 is 5.32 Å². The molecule has 2 aromatic rings. The van der Waals surface area contributed by atoms with Crippen molar-refractivity contribution in [1.82, 2.24) is 9.88 Å². The molecule has 0 aliphatic rings. The SMILES string of the molecule is C#CCNCCn1ccc2ccc(C)cc21. The fraction of sp³-hybridized carbons (Fsp3) is 0.286. The Balaban J connectivity index is 2.12. The lowest BCUT2D eigenvalue weighted by molar-refractivity contribution is 0.644. The molecule has 1 aromatic heterocycles.